The van der Waals surface area contributed by atoms with E-state index < -0.39 is 18.5 Å². The van der Waals surface area contributed by atoms with E-state index in [1.165, 1.54) is 6.21 Å². The average Bonchev–Trinajstić information content (AvgIpc) is 2.59. The van der Waals surface area contributed by atoms with E-state index in [0.717, 1.165) is 10.0 Å². The summed E-state index contributed by atoms with van der Waals surface area (Å²) < 4.78 is 11.2. The van der Waals surface area contributed by atoms with Gasteiger partial charge in [0.2, 0.25) is 0 Å². The van der Waals surface area contributed by atoms with Crippen molar-refractivity contribution in [2.45, 2.75) is 0 Å². The van der Waals surface area contributed by atoms with Crippen molar-refractivity contribution in [2.24, 2.45) is 5.10 Å². The van der Waals surface area contributed by atoms with Gasteiger partial charge < -0.3 is 14.6 Å². The molecule has 25 heavy (non-hydrogen) atoms. The summed E-state index contributed by atoms with van der Waals surface area (Å²) in [5.74, 6) is -0.424. The molecular formula is C17H15BrN2O5. The summed E-state index contributed by atoms with van der Waals surface area (Å²) in [6, 6.07) is 13.8. The topological polar surface area (TPSA) is 97.2 Å². The van der Waals surface area contributed by atoms with Crippen molar-refractivity contribution in [3.05, 3.63) is 58.6 Å². The lowest BCUT2D eigenvalue weighted by atomic mass is 10.2. The van der Waals surface area contributed by atoms with Crippen molar-refractivity contribution in [3.63, 3.8) is 0 Å². The van der Waals surface area contributed by atoms with Crippen LogP contribution in [0, 0.1) is 0 Å². The molecule has 0 aliphatic heterocycles. The molecule has 1 amide bonds. The lowest BCUT2D eigenvalue weighted by Crippen LogP contribution is -2.24. The van der Waals surface area contributed by atoms with Crippen molar-refractivity contribution < 1.29 is 24.2 Å². The Kier molecular flexibility index (Phi) is 6.97. The van der Waals surface area contributed by atoms with Gasteiger partial charge in [-0.05, 0) is 48.0 Å². The minimum Gasteiger partial charge on any atom is -0.484 e. The Bertz CT molecular complexity index is 762. The van der Waals surface area contributed by atoms with Crippen LogP contribution in [0.4, 0.5) is 0 Å². The first-order valence-electron chi connectivity index (χ1n) is 7.18. The van der Waals surface area contributed by atoms with Crippen LogP contribution in [0.15, 0.2) is 58.1 Å². The highest BCUT2D eigenvalue weighted by Crippen LogP contribution is 2.17. The lowest BCUT2D eigenvalue weighted by Gasteiger charge is -2.05. The number of hydrazone groups is 1. The van der Waals surface area contributed by atoms with E-state index in [1.807, 2.05) is 6.07 Å². The second-order valence-corrected chi connectivity index (χ2v) is 5.71. The smallest absolute Gasteiger partial charge is 0.341 e. The Balaban J connectivity index is 1.76. The second kappa shape index (κ2) is 9.43. The third kappa shape index (κ3) is 7.05. The van der Waals surface area contributed by atoms with Gasteiger partial charge in [-0.1, -0.05) is 22.0 Å². The molecule has 2 N–H and O–H groups in total. The number of hydrogen-bond acceptors (Lipinski definition) is 5. The van der Waals surface area contributed by atoms with Gasteiger partial charge in [-0.25, -0.2) is 10.2 Å². The van der Waals surface area contributed by atoms with Crippen LogP contribution in [0.25, 0.3) is 0 Å². The molecule has 7 nitrogen and oxygen atoms in total. The fourth-order valence-corrected chi connectivity index (χ4v) is 2.09. The number of nitrogens with zero attached hydrogens (tertiary/aromatic N) is 1. The third-order valence-corrected chi connectivity index (χ3v) is 3.30. The van der Waals surface area contributed by atoms with Gasteiger partial charge in [-0.3, -0.25) is 4.79 Å². The van der Waals surface area contributed by atoms with Gasteiger partial charge in [0, 0.05) is 4.47 Å². The van der Waals surface area contributed by atoms with Crippen LogP contribution in [-0.2, 0) is 9.59 Å². The van der Waals surface area contributed by atoms with Crippen LogP contribution in [0.2, 0.25) is 0 Å². The van der Waals surface area contributed by atoms with Gasteiger partial charge in [-0.2, -0.15) is 5.10 Å². The average molecular weight is 407 g/mol. The van der Waals surface area contributed by atoms with E-state index >= 15 is 0 Å². The number of rotatable bonds is 8. The van der Waals surface area contributed by atoms with Crippen LogP contribution < -0.4 is 14.9 Å². The van der Waals surface area contributed by atoms with Crippen LogP contribution >= 0.6 is 15.9 Å². The number of carbonyl (C=O) groups is 2. The highest BCUT2D eigenvalue weighted by Gasteiger charge is 2.02. The Labute approximate surface area is 152 Å². The summed E-state index contributed by atoms with van der Waals surface area (Å²) in [6.45, 7) is -0.558. The van der Waals surface area contributed by atoms with Gasteiger partial charge in [-0.15, -0.1) is 0 Å². The third-order valence-electron chi connectivity index (χ3n) is 2.81. The highest BCUT2D eigenvalue weighted by atomic mass is 79.9. The second-order valence-electron chi connectivity index (χ2n) is 4.79. The summed E-state index contributed by atoms with van der Waals surface area (Å²) in [6.07, 6.45) is 1.46. The first kappa shape index (κ1) is 18.5. The summed E-state index contributed by atoms with van der Waals surface area (Å²) in [5, 5.41) is 12.4. The minimum atomic E-state index is -1.04. The first-order chi connectivity index (χ1) is 12.0. The number of hydrogen-bond donors (Lipinski definition) is 2. The molecule has 0 bridgehead atoms. The number of nitrogens with one attached hydrogen (secondary N) is 1. The molecule has 0 heterocycles. The Morgan fingerprint density at radius 3 is 2.48 bits per heavy atom. The molecule has 0 aliphatic carbocycles. The molecule has 0 spiro atoms. The molecule has 0 aliphatic rings. The van der Waals surface area contributed by atoms with Crippen molar-refractivity contribution in [3.8, 4) is 11.5 Å². The first-order valence-corrected chi connectivity index (χ1v) is 7.97. The zero-order valence-corrected chi connectivity index (χ0v) is 14.6. The Morgan fingerprint density at radius 2 is 1.80 bits per heavy atom. The molecule has 0 aromatic heterocycles. The molecule has 0 saturated carbocycles. The fraction of sp³-hybridized carbons (Fsp3) is 0.118. The number of ether oxygens (including phenoxy) is 2. The van der Waals surface area contributed by atoms with Crippen LogP contribution in [0.5, 0.6) is 11.5 Å². The lowest BCUT2D eigenvalue weighted by molar-refractivity contribution is -0.139. The summed E-state index contributed by atoms with van der Waals surface area (Å²) in [5.41, 5.74) is 3.07. The fourth-order valence-electron chi connectivity index (χ4n) is 1.71. The highest BCUT2D eigenvalue weighted by molar-refractivity contribution is 9.10. The van der Waals surface area contributed by atoms with E-state index in [2.05, 4.69) is 26.5 Å². The molecular weight excluding hydrogens is 392 g/mol. The van der Waals surface area contributed by atoms with Gasteiger partial charge in [0.15, 0.2) is 13.2 Å². The molecule has 0 radical (unpaired) electrons. The van der Waals surface area contributed by atoms with Gasteiger partial charge in [0.1, 0.15) is 11.5 Å². The zero-order valence-electron chi connectivity index (χ0n) is 13.0. The Hall–Kier alpha value is -2.87. The van der Waals surface area contributed by atoms with Crippen LogP contribution in [0.1, 0.15) is 5.56 Å². The molecule has 2 aromatic rings. The molecule has 0 unspecified atom stereocenters. The number of amides is 1. The van der Waals surface area contributed by atoms with Crippen molar-refractivity contribution >= 4 is 34.0 Å². The number of aliphatic carboxylic acids is 1. The number of carboxylic acid groups (broad SMARTS) is 1. The van der Waals surface area contributed by atoms with Crippen molar-refractivity contribution in [1.29, 1.82) is 0 Å². The predicted octanol–water partition coefficient (Wildman–Crippen LogP) is 2.44. The molecule has 0 saturated heterocycles. The molecule has 2 rings (SSSR count). The van der Waals surface area contributed by atoms with Gasteiger partial charge in [0.25, 0.3) is 5.91 Å². The maximum Gasteiger partial charge on any atom is 0.341 e. The minimum absolute atomic E-state index is 0.157. The zero-order chi connectivity index (χ0) is 18.1. The van der Waals surface area contributed by atoms with Gasteiger partial charge >= 0.3 is 5.97 Å². The van der Waals surface area contributed by atoms with E-state index in [0.29, 0.717) is 11.5 Å². The molecule has 0 fully saturated rings. The van der Waals surface area contributed by atoms with E-state index in [9.17, 15) is 9.59 Å². The van der Waals surface area contributed by atoms with E-state index in [1.54, 1.807) is 42.5 Å². The van der Waals surface area contributed by atoms with Gasteiger partial charge in [0.05, 0.1) is 6.21 Å². The van der Waals surface area contributed by atoms with E-state index in [4.69, 9.17) is 14.6 Å². The molecule has 8 heteroatoms. The standard InChI is InChI=1S/C17H15BrN2O5/c18-13-2-1-3-15(8-13)24-10-16(21)20-19-9-12-4-6-14(7-5-12)25-11-17(22)23/h1-9H,10-11H2,(H,20,21)(H,22,23)/b19-9-. The molecule has 2 aromatic carbocycles. The molecule has 130 valence electrons. The monoisotopic (exact) mass is 406 g/mol. The maximum atomic E-state index is 11.7. The summed E-state index contributed by atoms with van der Waals surface area (Å²) in [7, 11) is 0. The normalized spacial score (nSPS) is 10.4. The Morgan fingerprint density at radius 1 is 1.08 bits per heavy atom. The van der Waals surface area contributed by atoms with Crippen LogP contribution in [-0.4, -0.2) is 36.4 Å². The van der Waals surface area contributed by atoms with Crippen LogP contribution in [0.3, 0.4) is 0 Å². The largest absolute Gasteiger partial charge is 0.484 e. The predicted molar refractivity (Wildman–Crippen MR) is 94.9 cm³/mol. The van der Waals surface area contributed by atoms with Crippen molar-refractivity contribution in [2.75, 3.05) is 13.2 Å². The number of halogens is 1. The summed E-state index contributed by atoms with van der Waals surface area (Å²) in [4.78, 5) is 22.1. The number of benzene rings is 2. The number of carbonyl (C=O) groups excluding carboxylic acids is 1. The van der Waals surface area contributed by atoms with Crippen molar-refractivity contribution in [1.82, 2.24) is 5.43 Å². The summed E-state index contributed by atoms with van der Waals surface area (Å²) >= 11 is 3.32. The molecule has 0 atom stereocenters. The quantitative estimate of drug-likeness (QED) is 0.518. The SMILES string of the molecule is O=C(O)COc1ccc(/C=N\NC(=O)COc2cccc(Br)c2)cc1. The number of carboxylic acids is 1. The maximum absolute atomic E-state index is 11.7. The van der Waals surface area contributed by atoms with E-state index in [-0.39, 0.29) is 6.61 Å².